The number of carbonyl (C=O) groups is 2. The van der Waals surface area contributed by atoms with E-state index in [-0.39, 0.29) is 28.5 Å². The molecule has 48 heavy (non-hydrogen) atoms. The van der Waals surface area contributed by atoms with Crippen molar-refractivity contribution in [3.63, 3.8) is 0 Å². The summed E-state index contributed by atoms with van der Waals surface area (Å²) in [5.41, 5.74) is 4.63. The third-order valence-electron chi connectivity index (χ3n) is 7.54. The van der Waals surface area contributed by atoms with Crippen molar-refractivity contribution in [2.45, 2.75) is 51.6 Å². The van der Waals surface area contributed by atoms with Crippen LogP contribution in [0.5, 0.6) is 0 Å². The Morgan fingerprint density at radius 1 is 0.771 bits per heavy atom. The normalized spacial score (nSPS) is 16.4. The van der Waals surface area contributed by atoms with Crippen LogP contribution in [0, 0.1) is 35.3 Å². The Kier molecular flexibility index (Phi) is 9.87. The fourth-order valence-corrected chi connectivity index (χ4v) is 5.03. The van der Waals surface area contributed by atoms with Crippen LogP contribution in [-0.4, -0.2) is 49.9 Å². The highest BCUT2D eigenvalue weighted by Crippen LogP contribution is 2.31. The molecule has 244 valence electrons. The van der Waals surface area contributed by atoms with Crippen molar-refractivity contribution < 1.29 is 18.4 Å². The Morgan fingerprint density at radius 3 is 1.98 bits per heavy atom. The predicted molar refractivity (Wildman–Crippen MR) is 179 cm³/mol. The van der Waals surface area contributed by atoms with Crippen molar-refractivity contribution >= 4 is 35.1 Å². The molecule has 0 spiro atoms. The van der Waals surface area contributed by atoms with Gasteiger partial charge in [-0.1, -0.05) is 35.3 Å². The first-order valence-electron chi connectivity index (χ1n) is 14.9. The number of benzene rings is 1. The van der Waals surface area contributed by atoms with Crippen LogP contribution in [0.25, 0.3) is 0 Å². The van der Waals surface area contributed by atoms with Gasteiger partial charge in [-0.15, -0.1) is 0 Å². The molecular formula is C36H32ClF2N7O2. The molecule has 2 fully saturated rings. The summed E-state index contributed by atoms with van der Waals surface area (Å²) >= 11 is 5.84. The van der Waals surface area contributed by atoms with Crippen molar-refractivity contribution in [3.05, 3.63) is 112 Å². The SMILES string of the molecule is CC1(C)CC(=O)N(c2ccc(C#Cc3cc(F)ccc3F)cn2)N1.CN1N(c2ccc(C#Cc3ccnc(Cl)c3)cn2)C(=O)CC1(C)C. The third kappa shape index (κ3) is 8.20. The summed E-state index contributed by atoms with van der Waals surface area (Å²) < 4.78 is 26.6. The molecule has 1 N–H and O–H groups in total. The number of hydrazine groups is 2. The maximum atomic E-state index is 13.5. The second kappa shape index (κ2) is 13.9. The molecule has 2 saturated heterocycles. The predicted octanol–water partition coefficient (Wildman–Crippen LogP) is 5.67. The number of halogens is 3. The van der Waals surface area contributed by atoms with E-state index in [1.54, 1.807) is 47.7 Å². The van der Waals surface area contributed by atoms with E-state index < -0.39 is 11.6 Å². The van der Waals surface area contributed by atoms with Crippen molar-refractivity contribution in [2.75, 3.05) is 17.1 Å². The molecule has 0 unspecified atom stereocenters. The summed E-state index contributed by atoms with van der Waals surface area (Å²) in [6, 6.07) is 13.6. The van der Waals surface area contributed by atoms with Gasteiger partial charge in [0.15, 0.2) is 0 Å². The summed E-state index contributed by atoms with van der Waals surface area (Å²) in [4.78, 5) is 36.7. The van der Waals surface area contributed by atoms with Gasteiger partial charge in [0.05, 0.1) is 5.56 Å². The van der Waals surface area contributed by atoms with Crippen molar-refractivity contribution in [2.24, 2.45) is 0 Å². The molecule has 2 aliphatic rings. The van der Waals surface area contributed by atoms with Crippen LogP contribution in [0.15, 0.2) is 73.2 Å². The maximum Gasteiger partial charge on any atom is 0.244 e. The van der Waals surface area contributed by atoms with Crippen LogP contribution in [0.1, 0.15) is 62.8 Å². The highest BCUT2D eigenvalue weighted by molar-refractivity contribution is 6.29. The summed E-state index contributed by atoms with van der Waals surface area (Å²) in [5.74, 6) is 11.3. The molecule has 0 saturated carbocycles. The Bertz CT molecular complexity index is 1980. The molecule has 12 heteroatoms. The van der Waals surface area contributed by atoms with Gasteiger partial charge in [0.25, 0.3) is 0 Å². The van der Waals surface area contributed by atoms with E-state index in [0.717, 1.165) is 29.3 Å². The van der Waals surface area contributed by atoms with Crippen molar-refractivity contribution in [1.29, 1.82) is 0 Å². The molecule has 1 aromatic carbocycles. The number of nitrogens with zero attached hydrogens (tertiary/aromatic N) is 6. The van der Waals surface area contributed by atoms with E-state index >= 15 is 0 Å². The lowest BCUT2D eigenvalue weighted by atomic mass is 10.0. The first-order chi connectivity index (χ1) is 22.7. The van der Waals surface area contributed by atoms with Gasteiger partial charge in [0.1, 0.15) is 28.4 Å². The van der Waals surface area contributed by atoms with E-state index in [2.05, 4.69) is 44.1 Å². The van der Waals surface area contributed by atoms with Crippen LogP contribution in [0.3, 0.4) is 0 Å². The zero-order valence-electron chi connectivity index (χ0n) is 27.0. The number of nitrogens with one attached hydrogen (secondary N) is 1. The Morgan fingerprint density at radius 2 is 1.42 bits per heavy atom. The molecule has 6 rings (SSSR count). The Balaban J connectivity index is 0.000000188. The van der Waals surface area contributed by atoms with Gasteiger partial charge < -0.3 is 0 Å². The minimum atomic E-state index is -0.581. The maximum absolute atomic E-state index is 13.5. The first kappa shape index (κ1) is 34.1. The smallest absolute Gasteiger partial charge is 0.244 e. The molecule has 9 nitrogen and oxygen atoms in total. The lowest BCUT2D eigenvalue weighted by Gasteiger charge is -2.31. The van der Waals surface area contributed by atoms with Crippen LogP contribution < -0.4 is 15.4 Å². The molecule has 0 bridgehead atoms. The second-order valence-corrected chi connectivity index (χ2v) is 12.8. The molecule has 2 amide bonds. The van der Waals surface area contributed by atoms with Gasteiger partial charge in [0, 0.05) is 66.2 Å². The lowest BCUT2D eigenvalue weighted by Crippen LogP contribution is -2.44. The number of aromatic nitrogens is 3. The average molecular weight is 668 g/mol. The molecule has 5 heterocycles. The number of amides is 2. The summed E-state index contributed by atoms with van der Waals surface area (Å²) in [6.07, 6.45) is 5.62. The van der Waals surface area contributed by atoms with E-state index in [0.29, 0.717) is 35.2 Å². The average Bonchev–Trinajstić information content (AvgIpc) is 3.44. The highest BCUT2D eigenvalue weighted by atomic mass is 35.5. The van der Waals surface area contributed by atoms with Gasteiger partial charge in [-0.25, -0.2) is 44.2 Å². The number of rotatable bonds is 2. The summed E-state index contributed by atoms with van der Waals surface area (Å²) in [6.45, 7) is 7.92. The van der Waals surface area contributed by atoms with Crippen LogP contribution >= 0.6 is 11.6 Å². The van der Waals surface area contributed by atoms with E-state index in [9.17, 15) is 18.4 Å². The van der Waals surface area contributed by atoms with E-state index in [1.807, 2.05) is 45.8 Å². The van der Waals surface area contributed by atoms with Gasteiger partial charge in [-0.2, -0.15) is 0 Å². The molecule has 0 radical (unpaired) electrons. The zero-order valence-corrected chi connectivity index (χ0v) is 27.7. The molecule has 2 aliphatic heterocycles. The molecule has 3 aromatic heterocycles. The minimum Gasteiger partial charge on any atom is -0.273 e. The standard InChI is InChI=1S/C18H17ClN4O.C18H15F2N3O/c1-18(2)11-17(24)23(22(18)3)16-7-6-14(12-21-16)5-4-13-8-9-20-15(19)10-13;1-18(2)10-17(24)23(22-18)16-8-4-12(11-21-16)3-5-13-9-14(19)6-7-15(13)20/h6-10,12H,11H2,1-3H3;4,6-9,11,22H,10H2,1-2H3. The van der Waals surface area contributed by atoms with E-state index in [1.165, 1.54) is 11.2 Å². The Hall–Kier alpha value is -5.20. The summed E-state index contributed by atoms with van der Waals surface area (Å²) in [5, 5.41) is 5.35. The van der Waals surface area contributed by atoms with Gasteiger partial charge in [-0.3, -0.25) is 9.59 Å². The third-order valence-corrected chi connectivity index (χ3v) is 7.75. The number of carbonyl (C=O) groups excluding carboxylic acids is 2. The molecular weight excluding hydrogens is 636 g/mol. The fraction of sp³-hybridized carbons (Fsp3) is 0.250. The van der Waals surface area contributed by atoms with Crippen LogP contribution in [0.4, 0.5) is 20.4 Å². The fourth-order valence-electron chi connectivity index (χ4n) is 4.86. The van der Waals surface area contributed by atoms with E-state index in [4.69, 9.17) is 11.6 Å². The first-order valence-corrected chi connectivity index (χ1v) is 15.3. The monoisotopic (exact) mass is 667 g/mol. The van der Waals surface area contributed by atoms with Crippen molar-refractivity contribution in [3.8, 4) is 23.7 Å². The molecule has 4 aromatic rings. The van der Waals surface area contributed by atoms with Gasteiger partial charge in [-0.05, 0) is 82.3 Å². The molecule has 0 atom stereocenters. The minimum absolute atomic E-state index is 0.0165. The zero-order chi connectivity index (χ0) is 34.6. The Labute approximate surface area is 282 Å². The number of hydrogen-bond donors (Lipinski definition) is 1. The summed E-state index contributed by atoms with van der Waals surface area (Å²) in [7, 11) is 1.90. The largest absolute Gasteiger partial charge is 0.273 e. The number of pyridine rings is 3. The second-order valence-electron chi connectivity index (χ2n) is 12.4. The lowest BCUT2D eigenvalue weighted by molar-refractivity contribution is -0.118. The van der Waals surface area contributed by atoms with Crippen LogP contribution in [-0.2, 0) is 9.59 Å². The highest BCUT2D eigenvalue weighted by Gasteiger charge is 2.42. The quantitative estimate of drug-likeness (QED) is 0.218. The van der Waals surface area contributed by atoms with Crippen molar-refractivity contribution in [1.82, 2.24) is 25.4 Å². The van der Waals surface area contributed by atoms with Gasteiger partial charge in [0.2, 0.25) is 11.8 Å². The van der Waals surface area contributed by atoms with Crippen LogP contribution in [0.2, 0.25) is 5.15 Å². The topological polar surface area (TPSA) is 94.6 Å². The number of anilines is 2. The number of hydrogen-bond acceptors (Lipinski definition) is 7. The molecule has 0 aliphatic carbocycles. The van der Waals surface area contributed by atoms with Gasteiger partial charge >= 0.3 is 0 Å².